The molecule has 0 saturated carbocycles. The van der Waals surface area contributed by atoms with Gasteiger partial charge in [-0.05, 0) is 30.4 Å². The molecule has 1 aromatic carbocycles. The minimum atomic E-state index is -0.398. The van der Waals surface area contributed by atoms with E-state index in [-0.39, 0.29) is 17.7 Å². The van der Waals surface area contributed by atoms with Gasteiger partial charge in [-0.1, -0.05) is 34.6 Å². The van der Waals surface area contributed by atoms with Gasteiger partial charge in [0.1, 0.15) is 11.5 Å². The van der Waals surface area contributed by atoms with Gasteiger partial charge < -0.3 is 14.8 Å². The van der Waals surface area contributed by atoms with E-state index >= 15 is 0 Å². The first-order valence-electron chi connectivity index (χ1n) is 7.86. The van der Waals surface area contributed by atoms with E-state index < -0.39 is 5.41 Å². The van der Waals surface area contributed by atoms with Crippen LogP contribution in [0.5, 0.6) is 11.5 Å². The molecule has 4 heteroatoms. The summed E-state index contributed by atoms with van der Waals surface area (Å²) in [5.74, 6) is 1.85. The fourth-order valence-electron chi connectivity index (χ4n) is 3.31. The van der Waals surface area contributed by atoms with Gasteiger partial charge in [0.05, 0.1) is 25.3 Å². The zero-order valence-electron chi connectivity index (χ0n) is 14.8. The molecular weight excluding hydrogens is 278 g/mol. The number of methoxy groups -OCH3 is 2. The lowest BCUT2D eigenvalue weighted by Gasteiger charge is -2.39. The number of benzene rings is 1. The van der Waals surface area contributed by atoms with E-state index in [2.05, 4.69) is 39.9 Å². The van der Waals surface area contributed by atoms with Crippen LogP contribution in [0, 0.1) is 17.3 Å². The summed E-state index contributed by atoms with van der Waals surface area (Å²) < 4.78 is 10.6. The van der Waals surface area contributed by atoms with Gasteiger partial charge in [-0.3, -0.25) is 4.79 Å². The SMILES string of the molecule is CCC(C(=O)Nc1ccc(OC)cc1OC)(C(C)C)C(C)C. The summed E-state index contributed by atoms with van der Waals surface area (Å²) in [6, 6.07) is 5.40. The lowest BCUT2D eigenvalue weighted by molar-refractivity contribution is -0.131. The van der Waals surface area contributed by atoms with Gasteiger partial charge in [0, 0.05) is 6.07 Å². The van der Waals surface area contributed by atoms with Crippen LogP contribution in [0.25, 0.3) is 0 Å². The summed E-state index contributed by atoms with van der Waals surface area (Å²) in [4.78, 5) is 13.0. The quantitative estimate of drug-likeness (QED) is 0.814. The number of hydrogen-bond donors (Lipinski definition) is 1. The van der Waals surface area contributed by atoms with Crippen LogP contribution in [0.4, 0.5) is 5.69 Å². The lowest BCUT2D eigenvalue weighted by atomic mass is 9.66. The van der Waals surface area contributed by atoms with Crippen molar-refractivity contribution in [3.05, 3.63) is 18.2 Å². The van der Waals surface area contributed by atoms with Gasteiger partial charge >= 0.3 is 0 Å². The molecule has 0 spiro atoms. The van der Waals surface area contributed by atoms with Crippen LogP contribution in [0.15, 0.2) is 18.2 Å². The Bertz CT molecular complexity index is 501. The van der Waals surface area contributed by atoms with Crippen LogP contribution in [0.3, 0.4) is 0 Å². The highest BCUT2D eigenvalue weighted by molar-refractivity contribution is 5.97. The molecule has 0 bridgehead atoms. The summed E-state index contributed by atoms with van der Waals surface area (Å²) in [5.41, 5.74) is 0.276. The summed E-state index contributed by atoms with van der Waals surface area (Å²) in [6.45, 7) is 10.5. The second-order valence-corrected chi connectivity index (χ2v) is 6.22. The third kappa shape index (κ3) is 3.37. The highest BCUT2D eigenvalue weighted by Gasteiger charge is 2.42. The smallest absolute Gasteiger partial charge is 0.231 e. The Hall–Kier alpha value is -1.71. The molecule has 0 saturated heterocycles. The van der Waals surface area contributed by atoms with E-state index in [1.807, 2.05) is 12.1 Å². The Kier molecular flexibility index (Phi) is 6.27. The Balaban J connectivity index is 3.14. The largest absolute Gasteiger partial charge is 0.497 e. The number of anilines is 1. The van der Waals surface area contributed by atoms with Crippen molar-refractivity contribution in [1.82, 2.24) is 0 Å². The molecule has 0 atom stereocenters. The lowest BCUT2D eigenvalue weighted by Crippen LogP contribution is -2.44. The third-order valence-corrected chi connectivity index (χ3v) is 4.73. The number of carbonyl (C=O) groups is 1. The number of hydrogen-bond acceptors (Lipinski definition) is 3. The summed E-state index contributed by atoms with van der Waals surface area (Å²) in [5, 5.41) is 3.05. The van der Waals surface area contributed by atoms with E-state index in [1.165, 1.54) is 0 Å². The van der Waals surface area contributed by atoms with Crippen LogP contribution >= 0.6 is 0 Å². The Morgan fingerprint density at radius 3 is 2.14 bits per heavy atom. The maximum atomic E-state index is 13.0. The molecule has 1 aromatic rings. The molecule has 1 rings (SSSR count). The summed E-state index contributed by atoms with van der Waals surface area (Å²) in [6.07, 6.45) is 0.798. The second kappa shape index (κ2) is 7.52. The molecule has 22 heavy (non-hydrogen) atoms. The molecule has 0 radical (unpaired) electrons. The standard InChI is InChI=1S/C18H29NO3/c1-8-18(12(2)3,13(4)5)17(20)19-15-10-9-14(21-6)11-16(15)22-7/h9-13H,8H2,1-7H3,(H,19,20). The fraction of sp³-hybridized carbons (Fsp3) is 0.611. The van der Waals surface area contributed by atoms with Crippen molar-refractivity contribution < 1.29 is 14.3 Å². The molecule has 0 aliphatic heterocycles. The highest BCUT2D eigenvalue weighted by atomic mass is 16.5. The average molecular weight is 307 g/mol. The predicted octanol–water partition coefficient (Wildman–Crippen LogP) is 4.35. The van der Waals surface area contributed by atoms with Crippen molar-refractivity contribution in [1.29, 1.82) is 0 Å². The maximum absolute atomic E-state index is 13.0. The van der Waals surface area contributed by atoms with Gasteiger partial charge in [0.2, 0.25) is 5.91 Å². The number of nitrogens with one attached hydrogen (secondary N) is 1. The zero-order chi connectivity index (χ0) is 16.9. The Morgan fingerprint density at radius 1 is 1.14 bits per heavy atom. The van der Waals surface area contributed by atoms with Crippen molar-refractivity contribution in [2.75, 3.05) is 19.5 Å². The fourth-order valence-corrected chi connectivity index (χ4v) is 3.31. The Labute approximate surface area is 134 Å². The van der Waals surface area contributed by atoms with Crippen LogP contribution < -0.4 is 14.8 Å². The van der Waals surface area contributed by atoms with Crippen molar-refractivity contribution in [2.24, 2.45) is 17.3 Å². The molecule has 0 aliphatic rings. The summed E-state index contributed by atoms with van der Waals surface area (Å²) >= 11 is 0. The number of amides is 1. The van der Waals surface area contributed by atoms with Crippen molar-refractivity contribution in [2.45, 2.75) is 41.0 Å². The first kappa shape index (κ1) is 18.3. The number of rotatable bonds is 7. The minimum Gasteiger partial charge on any atom is -0.497 e. The molecular formula is C18H29NO3. The van der Waals surface area contributed by atoms with Crippen LogP contribution in [-0.2, 0) is 4.79 Å². The molecule has 0 aromatic heterocycles. The summed E-state index contributed by atoms with van der Waals surface area (Å²) in [7, 11) is 3.19. The van der Waals surface area contributed by atoms with E-state index in [4.69, 9.17) is 9.47 Å². The molecule has 124 valence electrons. The molecule has 1 N–H and O–H groups in total. The Morgan fingerprint density at radius 2 is 1.73 bits per heavy atom. The average Bonchev–Trinajstić information content (AvgIpc) is 2.48. The molecule has 0 aliphatic carbocycles. The van der Waals surface area contributed by atoms with Crippen molar-refractivity contribution in [3.63, 3.8) is 0 Å². The van der Waals surface area contributed by atoms with Crippen molar-refractivity contribution >= 4 is 11.6 Å². The van der Waals surface area contributed by atoms with Crippen LogP contribution in [-0.4, -0.2) is 20.1 Å². The van der Waals surface area contributed by atoms with E-state index in [0.717, 1.165) is 6.42 Å². The zero-order valence-corrected chi connectivity index (χ0v) is 14.8. The van der Waals surface area contributed by atoms with Gasteiger partial charge in [-0.2, -0.15) is 0 Å². The number of carbonyl (C=O) groups excluding carboxylic acids is 1. The molecule has 0 heterocycles. The molecule has 0 fully saturated rings. The van der Waals surface area contributed by atoms with Crippen LogP contribution in [0.2, 0.25) is 0 Å². The topological polar surface area (TPSA) is 47.6 Å². The second-order valence-electron chi connectivity index (χ2n) is 6.22. The monoisotopic (exact) mass is 307 g/mol. The first-order valence-corrected chi connectivity index (χ1v) is 7.86. The first-order chi connectivity index (χ1) is 10.3. The molecule has 1 amide bonds. The van der Waals surface area contributed by atoms with E-state index in [1.54, 1.807) is 20.3 Å². The van der Waals surface area contributed by atoms with Gasteiger partial charge in [0.15, 0.2) is 0 Å². The van der Waals surface area contributed by atoms with Gasteiger partial charge in [-0.15, -0.1) is 0 Å². The maximum Gasteiger partial charge on any atom is 0.231 e. The van der Waals surface area contributed by atoms with Gasteiger partial charge in [-0.25, -0.2) is 0 Å². The van der Waals surface area contributed by atoms with E-state index in [0.29, 0.717) is 17.2 Å². The normalized spacial score (nSPS) is 11.7. The molecule has 4 nitrogen and oxygen atoms in total. The number of ether oxygens (including phenoxy) is 2. The third-order valence-electron chi connectivity index (χ3n) is 4.73. The predicted molar refractivity (Wildman–Crippen MR) is 90.6 cm³/mol. The molecule has 0 unspecified atom stereocenters. The highest BCUT2D eigenvalue weighted by Crippen LogP contribution is 2.41. The van der Waals surface area contributed by atoms with Gasteiger partial charge in [0.25, 0.3) is 0 Å². The van der Waals surface area contributed by atoms with E-state index in [9.17, 15) is 4.79 Å². The minimum absolute atomic E-state index is 0.0449. The van der Waals surface area contributed by atoms with Crippen molar-refractivity contribution in [3.8, 4) is 11.5 Å². The van der Waals surface area contributed by atoms with Crippen LogP contribution in [0.1, 0.15) is 41.0 Å².